The topological polar surface area (TPSA) is 127 Å². The molecular weight excluding hydrogens is 404 g/mol. The Labute approximate surface area is 176 Å². The van der Waals surface area contributed by atoms with Gasteiger partial charge < -0.3 is 15.5 Å². The molecular formula is C21H28N4O4S. The van der Waals surface area contributed by atoms with E-state index in [0.29, 0.717) is 18.4 Å². The molecule has 0 aliphatic heterocycles. The minimum Gasteiger partial charge on any atom is -0.378 e. The number of nitrogens with two attached hydrogens (primary N) is 1. The van der Waals surface area contributed by atoms with Crippen LogP contribution in [-0.4, -0.2) is 34.5 Å². The lowest BCUT2D eigenvalue weighted by molar-refractivity contribution is 0.1000. The van der Waals surface area contributed by atoms with Crippen LogP contribution < -0.4 is 11.1 Å². The third-order valence-electron chi connectivity index (χ3n) is 4.82. The average Bonchev–Trinajstić information content (AvgIpc) is 2.93. The van der Waals surface area contributed by atoms with E-state index in [4.69, 9.17) is 10.3 Å². The quantitative estimate of drug-likeness (QED) is 0.532. The van der Waals surface area contributed by atoms with Crippen LogP contribution in [0.2, 0.25) is 0 Å². The number of nitrogens with zero attached hydrogens (tertiary/aromatic N) is 2. The number of hydrogen-bond donors (Lipinski definition) is 3. The summed E-state index contributed by atoms with van der Waals surface area (Å²) in [7, 11) is -3.67. The molecule has 0 unspecified atom stereocenters. The number of hydrogen-bond acceptors (Lipinski definition) is 5. The molecule has 0 spiro atoms. The highest BCUT2D eigenvalue weighted by Gasteiger charge is 2.14. The van der Waals surface area contributed by atoms with Gasteiger partial charge in [-0.15, -0.1) is 0 Å². The van der Waals surface area contributed by atoms with Crippen molar-refractivity contribution >= 4 is 27.4 Å². The standard InChI is InChI=1S/C20H24N4O.CH4O3S/c1-5-15-8-6-7-12(2)17(15)10-22-18-9-16(19(21)25)11-24-14(4)13(3)23-20(18)24;1-5(2,3)4/h6-9,11,22H,5,10H2,1-4H3,(H2,21,25);1H3,(H,2,3,4). The number of aromatic nitrogens is 2. The average molecular weight is 433 g/mol. The zero-order chi connectivity index (χ0) is 22.6. The zero-order valence-corrected chi connectivity index (χ0v) is 18.7. The molecule has 162 valence electrons. The third kappa shape index (κ3) is 5.80. The molecule has 3 aromatic rings. The van der Waals surface area contributed by atoms with Gasteiger partial charge in [0.25, 0.3) is 10.1 Å². The van der Waals surface area contributed by atoms with Gasteiger partial charge in [0.2, 0.25) is 5.91 Å². The Balaban J connectivity index is 0.000000575. The van der Waals surface area contributed by atoms with Crippen molar-refractivity contribution in [1.29, 1.82) is 0 Å². The summed E-state index contributed by atoms with van der Waals surface area (Å²) < 4.78 is 27.8. The highest BCUT2D eigenvalue weighted by molar-refractivity contribution is 7.85. The number of fused-ring (bicyclic) bond motifs is 1. The third-order valence-corrected chi connectivity index (χ3v) is 4.82. The Morgan fingerprint density at radius 3 is 2.47 bits per heavy atom. The summed E-state index contributed by atoms with van der Waals surface area (Å²) in [5, 5.41) is 3.46. The summed E-state index contributed by atoms with van der Waals surface area (Å²) in [5.41, 5.74) is 13.4. The molecule has 0 radical (unpaired) electrons. The van der Waals surface area contributed by atoms with E-state index in [9.17, 15) is 13.2 Å². The predicted molar refractivity (Wildman–Crippen MR) is 119 cm³/mol. The molecule has 1 amide bonds. The van der Waals surface area contributed by atoms with E-state index >= 15 is 0 Å². The molecule has 9 heteroatoms. The Hall–Kier alpha value is -2.91. The lowest BCUT2D eigenvalue weighted by atomic mass is 10.00. The van der Waals surface area contributed by atoms with Gasteiger partial charge in [-0.3, -0.25) is 9.35 Å². The first-order chi connectivity index (χ1) is 13.9. The van der Waals surface area contributed by atoms with Crippen LogP contribution >= 0.6 is 0 Å². The van der Waals surface area contributed by atoms with Crippen LogP contribution in [0.15, 0.2) is 30.5 Å². The molecule has 0 aliphatic rings. The van der Waals surface area contributed by atoms with E-state index in [1.165, 1.54) is 16.7 Å². The van der Waals surface area contributed by atoms with Crippen LogP contribution in [0.5, 0.6) is 0 Å². The lowest BCUT2D eigenvalue weighted by Gasteiger charge is -2.14. The molecule has 0 saturated carbocycles. The van der Waals surface area contributed by atoms with Crippen molar-refractivity contribution in [3.05, 3.63) is 64.1 Å². The number of rotatable bonds is 5. The van der Waals surface area contributed by atoms with Gasteiger partial charge in [-0.2, -0.15) is 8.42 Å². The predicted octanol–water partition coefficient (Wildman–Crippen LogP) is 3.04. The summed E-state index contributed by atoms with van der Waals surface area (Å²) >= 11 is 0. The number of carbonyl (C=O) groups excluding carboxylic acids is 1. The maximum absolute atomic E-state index is 11.7. The van der Waals surface area contributed by atoms with E-state index in [0.717, 1.165) is 29.1 Å². The van der Waals surface area contributed by atoms with Crippen molar-refractivity contribution in [2.75, 3.05) is 11.6 Å². The molecule has 0 bridgehead atoms. The summed E-state index contributed by atoms with van der Waals surface area (Å²) in [5.74, 6) is -0.444. The van der Waals surface area contributed by atoms with Gasteiger partial charge in [-0.05, 0) is 49.9 Å². The van der Waals surface area contributed by atoms with Gasteiger partial charge in [0, 0.05) is 18.4 Å². The molecule has 3 rings (SSSR count). The fourth-order valence-electron chi connectivity index (χ4n) is 3.17. The Kier molecular flexibility index (Phi) is 7.22. The molecule has 0 atom stereocenters. The van der Waals surface area contributed by atoms with Crippen LogP contribution in [0, 0.1) is 20.8 Å². The Morgan fingerprint density at radius 1 is 1.27 bits per heavy atom. The normalized spacial score (nSPS) is 11.1. The summed E-state index contributed by atoms with van der Waals surface area (Å²) in [6.45, 7) is 8.91. The van der Waals surface area contributed by atoms with Crippen LogP contribution in [0.1, 0.15) is 45.4 Å². The number of amides is 1. The molecule has 2 aromatic heterocycles. The molecule has 2 heterocycles. The van der Waals surface area contributed by atoms with Crippen LogP contribution in [0.3, 0.4) is 0 Å². The fraction of sp³-hybridized carbons (Fsp3) is 0.333. The van der Waals surface area contributed by atoms with Gasteiger partial charge in [0.1, 0.15) is 0 Å². The van der Waals surface area contributed by atoms with Gasteiger partial charge in [-0.25, -0.2) is 4.98 Å². The number of carbonyl (C=O) groups is 1. The molecule has 4 N–H and O–H groups in total. The highest BCUT2D eigenvalue weighted by Crippen LogP contribution is 2.24. The van der Waals surface area contributed by atoms with Crippen LogP contribution in [0.4, 0.5) is 5.69 Å². The van der Waals surface area contributed by atoms with Crippen LogP contribution in [0.25, 0.3) is 5.65 Å². The molecule has 0 fully saturated rings. The highest BCUT2D eigenvalue weighted by atomic mass is 32.2. The van der Waals surface area contributed by atoms with Crippen molar-refractivity contribution in [3.63, 3.8) is 0 Å². The number of aryl methyl sites for hydroxylation is 4. The van der Waals surface area contributed by atoms with Crippen molar-refractivity contribution < 1.29 is 17.8 Å². The second-order valence-corrected chi connectivity index (χ2v) is 8.60. The maximum Gasteiger partial charge on any atom is 0.261 e. The molecule has 1 aromatic carbocycles. The lowest BCUT2D eigenvalue weighted by Crippen LogP contribution is -2.14. The number of nitrogens with one attached hydrogen (secondary N) is 1. The fourth-order valence-corrected chi connectivity index (χ4v) is 3.17. The van der Waals surface area contributed by atoms with E-state index in [1.807, 2.05) is 18.2 Å². The first-order valence-electron chi connectivity index (χ1n) is 9.45. The monoisotopic (exact) mass is 432 g/mol. The molecule has 0 aliphatic carbocycles. The van der Waals surface area contributed by atoms with E-state index in [-0.39, 0.29) is 0 Å². The number of imidazole rings is 1. The first kappa shape index (κ1) is 23.4. The van der Waals surface area contributed by atoms with Crippen LogP contribution in [-0.2, 0) is 23.1 Å². The second kappa shape index (κ2) is 9.27. The van der Waals surface area contributed by atoms with E-state index in [2.05, 4.69) is 42.3 Å². The van der Waals surface area contributed by atoms with Gasteiger partial charge >= 0.3 is 0 Å². The zero-order valence-electron chi connectivity index (χ0n) is 17.9. The van der Waals surface area contributed by atoms with E-state index < -0.39 is 16.0 Å². The van der Waals surface area contributed by atoms with Crippen molar-refractivity contribution in [2.45, 2.75) is 40.7 Å². The van der Waals surface area contributed by atoms with E-state index in [1.54, 1.807) is 12.3 Å². The van der Waals surface area contributed by atoms with Crippen molar-refractivity contribution in [1.82, 2.24) is 9.38 Å². The Morgan fingerprint density at radius 2 is 1.90 bits per heavy atom. The second-order valence-electron chi connectivity index (χ2n) is 7.14. The first-order valence-corrected chi connectivity index (χ1v) is 11.3. The number of primary amides is 1. The molecule has 0 saturated heterocycles. The number of benzene rings is 1. The molecule has 30 heavy (non-hydrogen) atoms. The van der Waals surface area contributed by atoms with Gasteiger partial charge in [0.15, 0.2) is 5.65 Å². The number of anilines is 1. The van der Waals surface area contributed by atoms with Gasteiger partial charge in [0.05, 0.1) is 23.2 Å². The van der Waals surface area contributed by atoms with Crippen molar-refractivity contribution in [3.8, 4) is 0 Å². The smallest absolute Gasteiger partial charge is 0.261 e. The minimum absolute atomic E-state index is 0.444. The summed E-state index contributed by atoms with van der Waals surface area (Å²) in [4.78, 5) is 16.3. The van der Waals surface area contributed by atoms with Crippen molar-refractivity contribution in [2.24, 2.45) is 5.73 Å². The number of pyridine rings is 1. The minimum atomic E-state index is -3.67. The maximum atomic E-state index is 11.7. The SMILES string of the molecule is CCc1cccc(C)c1CNc1cc(C(N)=O)cn2c(C)c(C)nc12.CS(=O)(=O)O. The largest absolute Gasteiger partial charge is 0.378 e. The van der Waals surface area contributed by atoms with Gasteiger partial charge in [-0.1, -0.05) is 25.1 Å². The molecule has 8 nitrogen and oxygen atoms in total. The Bertz CT molecular complexity index is 1180. The summed E-state index contributed by atoms with van der Waals surface area (Å²) in [6, 6.07) is 8.15. The summed E-state index contributed by atoms with van der Waals surface area (Å²) in [6.07, 6.45) is 3.45.